The summed E-state index contributed by atoms with van der Waals surface area (Å²) < 4.78 is 0. The molecule has 0 saturated carbocycles. The van der Waals surface area contributed by atoms with Crippen LogP contribution in [0.25, 0.3) is 0 Å². The molecule has 1 aromatic carbocycles. The Morgan fingerprint density at radius 3 is 2.76 bits per heavy atom. The highest BCUT2D eigenvalue weighted by molar-refractivity contribution is 5.73. The van der Waals surface area contributed by atoms with Crippen molar-refractivity contribution in [3.63, 3.8) is 0 Å². The molecular formula is C12H19N3O2. The van der Waals surface area contributed by atoms with Gasteiger partial charge in [0.1, 0.15) is 0 Å². The van der Waals surface area contributed by atoms with Crippen molar-refractivity contribution >= 4 is 11.7 Å². The molecule has 94 valence electrons. The van der Waals surface area contributed by atoms with Gasteiger partial charge in [0.15, 0.2) is 0 Å². The number of nitrogens with one attached hydrogen (secondary N) is 2. The zero-order valence-corrected chi connectivity index (χ0v) is 9.94. The Balaban J connectivity index is 2.38. The van der Waals surface area contributed by atoms with E-state index in [1.807, 2.05) is 19.1 Å². The molecule has 0 fully saturated rings. The molecule has 17 heavy (non-hydrogen) atoms. The monoisotopic (exact) mass is 237 g/mol. The van der Waals surface area contributed by atoms with E-state index in [0.29, 0.717) is 30.8 Å². The summed E-state index contributed by atoms with van der Waals surface area (Å²) in [5.41, 5.74) is 7.01. The second-order valence-corrected chi connectivity index (χ2v) is 3.72. The third kappa shape index (κ3) is 4.32. The summed E-state index contributed by atoms with van der Waals surface area (Å²) in [7, 11) is 0. The fourth-order valence-electron chi connectivity index (χ4n) is 1.52. The van der Waals surface area contributed by atoms with E-state index in [9.17, 15) is 9.90 Å². The van der Waals surface area contributed by atoms with E-state index in [0.717, 1.165) is 0 Å². The predicted molar refractivity (Wildman–Crippen MR) is 67.5 cm³/mol. The van der Waals surface area contributed by atoms with E-state index in [2.05, 4.69) is 10.6 Å². The summed E-state index contributed by atoms with van der Waals surface area (Å²) >= 11 is 0. The smallest absolute Gasteiger partial charge is 0.314 e. The maximum atomic E-state index is 11.1. The van der Waals surface area contributed by atoms with Crippen LogP contribution in [-0.2, 0) is 0 Å². The molecule has 0 aromatic heterocycles. The lowest BCUT2D eigenvalue weighted by Gasteiger charge is -2.13. The number of nitrogen functional groups attached to an aromatic ring is 1. The normalized spacial score (nSPS) is 11.9. The molecule has 0 saturated heterocycles. The standard InChI is InChI=1S/C12H19N3O2/c1-2-14-12(17)15-8-7-11(16)9-5-3-4-6-10(9)13/h3-6,11,16H,2,7-8,13H2,1H3,(H2,14,15,17). The maximum Gasteiger partial charge on any atom is 0.314 e. The van der Waals surface area contributed by atoms with E-state index in [4.69, 9.17) is 5.73 Å². The number of urea groups is 1. The van der Waals surface area contributed by atoms with Crippen molar-refractivity contribution < 1.29 is 9.90 Å². The van der Waals surface area contributed by atoms with Gasteiger partial charge in [-0.1, -0.05) is 18.2 Å². The third-order valence-electron chi connectivity index (χ3n) is 2.40. The van der Waals surface area contributed by atoms with E-state index >= 15 is 0 Å². The zero-order chi connectivity index (χ0) is 12.7. The molecule has 5 N–H and O–H groups in total. The van der Waals surface area contributed by atoms with Gasteiger partial charge in [0.05, 0.1) is 6.10 Å². The minimum absolute atomic E-state index is 0.222. The quantitative estimate of drug-likeness (QED) is 0.576. The minimum atomic E-state index is -0.655. The average Bonchev–Trinajstić information content (AvgIpc) is 2.29. The number of carbonyl (C=O) groups excluding carboxylic acids is 1. The van der Waals surface area contributed by atoms with Crippen LogP contribution >= 0.6 is 0 Å². The van der Waals surface area contributed by atoms with Gasteiger partial charge in [0.2, 0.25) is 0 Å². The van der Waals surface area contributed by atoms with E-state index in [-0.39, 0.29) is 6.03 Å². The van der Waals surface area contributed by atoms with Crippen LogP contribution < -0.4 is 16.4 Å². The number of rotatable bonds is 5. The molecule has 5 heteroatoms. The van der Waals surface area contributed by atoms with Crippen molar-refractivity contribution in [1.82, 2.24) is 10.6 Å². The molecule has 1 unspecified atom stereocenters. The van der Waals surface area contributed by atoms with Crippen LogP contribution in [0.5, 0.6) is 0 Å². The largest absolute Gasteiger partial charge is 0.398 e. The summed E-state index contributed by atoms with van der Waals surface area (Å²) in [5.74, 6) is 0. The Bertz CT molecular complexity index is 369. The SMILES string of the molecule is CCNC(=O)NCCC(O)c1ccccc1N. The Hall–Kier alpha value is -1.75. The molecule has 2 amide bonds. The van der Waals surface area contributed by atoms with Crippen LogP contribution in [0.1, 0.15) is 25.0 Å². The first-order chi connectivity index (χ1) is 8.15. The molecule has 0 aliphatic rings. The van der Waals surface area contributed by atoms with Crippen molar-refractivity contribution in [2.24, 2.45) is 0 Å². The van der Waals surface area contributed by atoms with Crippen LogP contribution in [0.3, 0.4) is 0 Å². The number of benzene rings is 1. The second kappa shape index (κ2) is 6.75. The molecule has 0 spiro atoms. The first kappa shape index (κ1) is 13.3. The van der Waals surface area contributed by atoms with Crippen molar-refractivity contribution in [1.29, 1.82) is 0 Å². The number of hydrogen-bond acceptors (Lipinski definition) is 3. The number of aliphatic hydroxyl groups excluding tert-OH is 1. The Labute approximate surface area is 101 Å². The van der Waals surface area contributed by atoms with E-state index in [1.54, 1.807) is 12.1 Å². The van der Waals surface area contributed by atoms with Gasteiger partial charge in [-0.15, -0.1) is 0 Å². The van der Waals surface area contributed by atoms with Crippen molar-refractivity contribution in [3.8, 4) is 0 Å². The average molecular weight is 237 g/mol. The number of amides is 2. The van der Waals surface area contributed by atoms with Crippen molar-refractivity contribution in [3.05, 3.63) is 29.8 Å². The van der Waals surface area contributed by atoms with Crippen LogP contribution in [0, 0.1) is 0 Å². The van der Waals surface area contributed by atoms with Gasteiger partial charge in [0.25, 0.3) is 0 Å². The van der Waals surface area contributed by atoms with E-state index in [1.165, 1.54) is 0 Å². The van der Waals surface area contributed by atoms with Gasteiger partial charge in [-0.25, -0.2) is 4.79 Å². The lowest BCUT2D eigenvalue weighted by Crippen LogP contribution is -2.36. The fourth-order valence-corrected chi connectivity index (χ4v) is 1.52. The van der Waals surface area contributed by atoms with Crippen LogP contribution in [0.15, 0.2) is 24.3 Å². The van der Waals surface area contributed by atoms with Crippen LogP contribution in [-0.4, -0.2) is 24.2 Å². The Kier molecular flexibility index (Phi) is 5.29. The van der Waals surface area contributed by atoms with Gasteiger partial charge in [-0.2, -0.15) is 0 Å². The fraction of sp³-hybridized carbons (Fsp3) is 0.417. The molecule has 0 radical (unpaired) electrons. The number of para-hydroxylation sites is 1. The highest BCUT2D eigenvalue weighted by atomic mass is 16.3. The van der Waals surface area contributed by atoms with Gasteiger partial charge in [-0.3, -0.25) is 0 Å². The summed E-state index contributed by atoms with van der Waals surface area (Å²) in [5, 5.41) is 15.2. The third-order valence-corrected chi connectivity index (χ3v) is 2.40. The number of nitrogens with two attached hydrogens (primary N) is 1. The van der Waals surface area contributed by atoms with Gasteiger partial charge < -0.3 is 21.5 Å². The van der Waals surface area contributed by atoms with Crippen molar-refractivity contribution in [2.45, 2.75) is 19.4 Å². The summed E-state index contributed by atoms with van der Waals surface area (Å²) in [6, 6.07) is 6.95. The van der Waals surface area contributed by atoms with Crippen molar-refractivity contribution in [2.75, 3.05) is 18.8 Å². The molecule has 0 bridgehead atoms. The number of anilines is 1. The number of aliphatic hydroxyl groups is 1. The first-order valence-electron chi connectivity index (χ1n) is 5.69. The highest BCUT2D eigenvalue weighted by Gasteiger charge is 2.10. The van der Waals surface area contributed by atoms with Crippen LogP contribution in [0.2, 0.25) is 0 Å². The lowest BCUT2D eigenvalue weighted by atomic mass is 10.0. The first-order valence-corrected chi connectivity index (χ1v) is 5.69. The molecule has 0 heterocycles. The molecule has 5 nitrogen and oxygen atoms in total. The topological polar surface area (TPSA) is 87.4 Å². The second-order valence-electron chi connectivity index (χ2n) is 3.72. The molecule has 1 rings (SSSR count). The van der Waals surface area contributed by atoms with Crippen LogP contribution in [0.4, 0.5) is 10.5 Å². The van der Waals surface area contributed by atoms with Gasteiger partial charge in [0, 0.05) is 24.3 Å². The lowest BCUT2D eigenvalue weighted by molar-refractivity contribution is 0.167. The molecule has 1 aromatic rings. The van der Waals surface area contributed by atoms with E-state index < -0.39 is 6.10 Å². The highest BCUT2D eigenvalue weighted by Crippen LogP contribution is 2.21. The number of hydrogen-bond donors (Lipinski definition) is 4. The van der Waals surface area contributed by atoms with Gasteiger partial charge in [-0.05, 0) is 19.4 Å². The summed E-state index contributed by atoms with van der Waals surface area (Å²) in [4.78, 5) is 11.1. The Morgan fingerprint density at radius 2 is 2.12 bits per heavy atom. The van der Waals surface area contributed by atoms with Gasteiger partial charge >= 0.3 is 6.03 Å². The Morgan fingerprint density at radius 1 is 1.41 bits per heavy atom. The molecular weight excluding hydrogens is 218 g/mol. The summed E-state index contributed by atoms with van der Waals surface area (Å²) in [6.45, 7) is 2.83. The zero-order valence-electron chi connectivity index (χ0n) is 9.94. The maximum absolute atomic E-state index is 11.1. The molecule has 1 atom stereocenters. The predicted octanol–water partition coefficient (Wildman–Crippen LogP) is 1.01. The number of carbonyl (C=O) groups is 1. The summed E-state index contributed by atoms with van der Waals surface area (Å²) in [6.07, 6.45) is -0.219. The molecule has 0 aliphatic heterocycles. The molecule has 0 aliphatic carbocycles. The minimum Gasteiger partial charge on any atom is -0.398 e.